The third-order valence-electron chi connectivity index (χ3n) is 10.3. The van der Waals surface area contributed by atoms with Crippen LogP contribution in [0.3, 0.4) is 0 Å². The quantitative estimate of drug-likeness (QED) is 0.206. The summed E-state index contributed by atoms with van der Waals surface area (Å²) in [4.78, 5) is 13.5. The molecule has 1 N–H and O–H groups in total. The van der Waals surface area contributed by atoms with Crippen molar-refractivity contribution < 1.29 is 0 Å². The van der Waals surface area contributed by atoms with E-state index in [0.29, 0.717) is 0 Å². The summed E-state index contributed by atoms with van der Waals surface area (Å²) < 4.78 is 4.59. The van der Waals surface area contributed by atoms with Gasteiger partial charge in [0.05, 0.1) is 11.0 Å². The fourth-order valence-corrected chi connectivity index (χ4v) is 7.99. The van der Waals surface area contributed by atoms with Crippen LogP contribution in [0.25, 0.3) is 99.3 Å². The van der Waals surface area contributed by atoms with Crippen molar-refractivity contribution in [1.82, 2.24) is 24.1 Å². The molecule has 0 saturated carbocycles. The van der Waals surface area contributed by atoms with Crippen LogP contribution in [0, 0.1) is 0 Å². The van der Waals surface area contributed by atoms with Gasteiger partial charge in [-0.2, -0.15) is 0 Å². The van der Waals surface area contributed by atoms with Crippen molar-refractivity contribution in [2.75, 3.05) is 0 Å². The van der Waals surface area contributed by atoms with E-state index in [4.69, 9.17) is 9.97 Å². The first-order valence-corrected chi connectivity index (χ1v) is 17.2. The second-order valence-corrected chi connectivity index (χ2v) is 13.2. The predicted octanol–water partition coefficient (Wildman–Crippen LogP) is 11.6. The van der Waals surface area contributed by atoms with E-state index in [1.165, 1.54) is 33.0 Å². The predicted molar refractivity (Wildman–Crippen MR) is 211 cm³/mol. The second-order valence-electron chi connectivity index (χ2n) is 13.2. The maximum atomic E-state index is 4.90. The summed E-state index contributed by atoms with van der Waals surface area (Å²) in [6, 6.07) is 56.4. The maximum Gasteiger partial charge on any atom is 0.145 e. The molecule has 0 fully saturated rings. The number of hydrogen-bond acceptors (Lipinski definition) is 2. The van der Waals surface area contributed by atoms with E-state index in [1.807, 2.05) is 24.5 Å². The lowest BCUT2D eigenvalue weighted by atomic mass is 10.0. The zero-order valence-electron chi connectivity index (χ0n) is 27.5. The number of nitrogens with zero attached hydrogens (tertiary/aromatic N) is 4. The van der Waals surface area contributed by atoms with Crippen LogP contribution in [0.15, 0.2) is 170 Å². The lowest BCUT2D eigenvalue weighted by Gasteiger charge is -2.09. The number of aromatic nitrogens is 5. The van der Waals surface area contributed by atoms with Crippen LogP contribution in [-0.4, -0.2) is 24.1 Å². The normalized spacial score (nSPS) is 11.9. The largest absolute Gasteiger partial charge is 0.355 e. The molecule has 11 aromatic rings. The van der Waals surface area contributed by atoms with Gasteiger partial charge in [-0.25, -0.2) is 9.97 Å². The van der Waals surface area contributed by atoms with Crippen LogP contribution in [0.4, 0.5) is 0 Å². The molecule has 0 atom stereocenters. The number of aromatic amines is 1. The Morgan fingerprint density at radius 1 is 0.353 bits per heavy atom. The number of hydrogen-bond donors (Lipinski definition) is 1. The summed E-state index contributed by atoms with van der Waals surface area (Å²) >= 11 is 0. The zero-order valence-corrected chi connectivity index (χ0v) is 27.5. The van der Waals surface area contributed by atoms with Crippen molar-refractivity contribution >= 4 is 65.7 Å². The smallest absolute Gasteiger partial charge is 0.145 e. The summed E-state index contributed by atoms with van der Waals surface area (Å²) in [6.07, 6.45) is 3.77. The van der Waals surface area contributed by atoms with Gasteiger partial charge in [-0.05, 0) is 107 Å². The summed E-state index contributed by atoms with van der Waals surface area (Å²) in [5.74, 6) is 0. The van der Waals surface area contributed by atoms with E-state index in [1.54, 1.807) is 0 Å². The van der Waals surface area contributed by atoms with Gasteiger partial charge in [-0.15, -0.1) is 0 Å². The number of pyridine rings is 2. The first-order valence-electron chi connectivity index (χ1n) is 17.2. The molecule has 0 spiro atoms. The monoisotopic (exact) mass is 651 g/mol. The lowest BCUT2D eigenvalue weighted by Crippen LogP contribution is -1.95. The van der Waals surface area contributed by atoms with Crippen LogP contribution in [0.1, 0.15) is 0 Å². The molecule has 5 aromatic heterocycles. The molecule has 0 saturated heterocycles. The number of H-pyrrole nitrogens is 1. The average molecular weight is 652 g/mol. The van der Waals surface area contributed by atoms with Gasteiger partial charge in [0.2, 0.25) is 0 Å². The highest BCUT2D eigenvalue weighted by atomic mass is 15.1. The van der Waals surface area contributed by atoms with Crippen molar-refractivity contribution in [1.29, 1.82) is 0 Å². The summed E-state index contributed by atoms with van der Waals surface area (Å²) in [7, 11) is 0. The number of benzene rings is 6. The zero-order chi connectivity index (χ0) is 33.5. The van der Waals surface area contributed by atoms with Gasteiger partial charge in [0.25, 0.3) is 0 Å². The molecule has 238 valence electrons. The standard InChI is InChI=1S/C46H29N5/c1-3-9-29(10-4-1)31-15-21-43-39(25-31)35-13-7-23-47-45(35)50(43)33-17-19-41-37(27-33)38-28-34(18-20-42(38)49-41)51-44-22-16-32(30-11-5-2-6-12-30)26-40(44)36-14-8-24-48-46(36)51/h1-28,49H. The molecule has 0 aliphatic heterocycles. The topological polar surface area (TPSA) is 51.4 Å². The van der Waals surface area contributed by atoms with Gasteiger partial charge in [0, 0.05) is 67.1 Å². The van der Waals surface area contributed by atoms with Gasteiger partial charge < -0.3 is 4.98 Å². The minimum Gasteiger partial charge on any atom is -0.355 e. The van der Waals surface area contributed by atoms with Crippen LogP contribution in [0.2, 0.25) is 0 Å². The first-order chi connectivity index (χ1) is 25.3. The Hall–Kier alpha value is -6.98. The maximum absolute atomic E-state index is 4.90. The van der Waals surface area contributed by atoms with E-state index >= 15 is 0 Å². The van der Waals surface area contributed by atoms with E-state index in [0.717, 1.165) is 66.3 Å². The molecule has 0 bridgehead atoms. The van der Waals surface area contributed by atoms with Crippen molar-refractivity contribution in [2.45, 2.75) is 0 Å². The molecule has 0 radical (unpaired) electrons. The van der Waals surface area contributed by atoms with Gasteiger partial charge in [0.15, 0.2) is 0 Å². The Morgan fingerprint density at radius 2 is 0.824 bits per heavy atom. The van der Waals surface area contributed by atoms with Crippen molar-refractivity contribution in [3.63, 3.8) is 0 Å². The van der Waals surface area contributed by atoms with Gasteiger partial charge in [0.1, 0.15) is 11.3 Å². The van der Waals surface area contributed by atoms with E-state index in [2.05, 4.69) is 160 Å². The van der Waals surface area contributed by atoms with Crippen LogP contribution in [-0.2, 0) is 0 Å². The third-order valence-corrected chi connectivity index (χ3v) is 10.3. The molecule has 51 heavy (non-hydrogen) atoms. The highest BCUT2D eigenvalue weighted by Gasteiger charge is 2.18. The Bertz CT molecular complexity index is 2920. The Kier molecular flexibility index (Phi) is 5.89. The van der Waals surface area contributed by atoms with Crippen LogP contribution >= 0.6 is 0 Å². The number of nitrogens with one attached hydrogen (secondary N) is 1. The highest BCUT2D eigenvalue weighted by molar-refractivity contribution is 6.13. The number of fused-ring (bicyclic) bond motifs is 9. The third kappa shape index (κ3) is 4.22. The lowest BCUT2D eigenvalue weighted by molar-refractivity contribution is 1.14. The SMILES string of the molecule is c1ccc(-c2ccc3c(c2)c2cccnc2n3-c2ccc3[nH]c4ccc(-n5c6ccc(-c7ccccc7)cc6c6cccnc65)cc4c3c2)cc1. The van der Waals surface area contributed by atoms with Crippen LogP contribution in [0.5, 0.6) is 0 Å². The Labute approximate surface area is 292 Å². The van der Waals surface area contributed by atoms with Crippen molar-refractivity contribution in [3.8, 4) is 33.6 Å². The molecule has 5 heteroatoms. The van der Waals surface area contributed by atoms with Gasteiger partial charge >= 0.3 is 0 Å². The first kappa shape index (κ1) is 27.9. The highest BCUT2D eigenvalue weighted by Crippen LogP contribution is 2.38. The molecule has 5 heterocycles. The molecule has 0 unspecified atom stereocenters. The van der Waals surface area contributed by atoms with Crippen molar-refractivity contribution in [2.24, 2.45) is 0 Å². The summed E-state index contributed by atoms with van der Waals surface area (Å²) in [5, 5.41) is 6.99. The molecule has 6 aromatic carbocycles. The molecule has 11 rings (SSSR count). The van der Waals surface area contributed by atoms with Crippen molar-refractivity contribution in [3.05, 3.63) is 170 Å². The Morgan fingerprint density at radius 3 is 1.29 bits per heavy atom. The second kappa shape index (κ2) is 10.8. The molecular weight excluding hydrogens is 623 g/mol. The molecule has 0 aliphatic rings. The van der Waals surface area contributed by atoms with Gasteiger partial charge in [-0.1, -0.05) is 72.8 Å². The van der Waals surface area contributed by atoms with E-state index in [9.17, 15) is 0 Å². The van der Waals surface area contributed by atoms with Crippen LogP contribution < -0.4 is 0 Å². The summed E-state index contributed by atoms with van der Waals surface area (Å²) in [6.45, 7) is 0. The summed E-state index contributed by atoms with van der Waals surface area (Å²) in [5.41, 5.74) is 13.3. The van der Waals surface area contributed by atoms with E-state index in [-0.39, 0.29) is 0 Å². The Balaban J connectivity index is 1.10. The fraction of sp³-hybridized carbons (Fsp3) is 0. The average Bonchev–Trinajstić information content (AvgIpc) is 3.85. The minimum atomic E-state index is 0.948. The molecule has 0 aliphatic carbocycles. The molecule has 0 amide bonds. The van der Waals surface area contributed by atoms with E-state index < -0.39 is 0 Å². The van der Waals surface area contributed by atoms with Gasteiger partial charge in [-0.3, -0.25) is 9.13 Å². The fourth-order valence-electron chi connectivity index (χ4n) is 7.99. The molecule has 5 nitrogen and oxygen atoms in total. The molecular formula is C46H29N5. The minimum absolute atomic E-state index is 0.948. The number of rotatable bonds is 4.